The van der Waals surface area contributed by atoms with Gasteiger partial charge in [-0.05, 0) is 25.7 Å². The predicted octanol–water partition coefficient (Wildman–Crippen LogP) is 11.0. The molecule has 1 amide bonds. The van der Waals surface area contributed by atoms with Crippen LogP contribution in [0.2, 0.25) is 0 Å². The van der Waals surface area contributed by atoms with E-state index in [1.165, 1.54) is 109 Å². The Hall–Kier alpha value is -1.89. The van der Waals surface area contributed by atoms with Crippen LogP contribution in [0.15, 0.2) is 0 Å². The van der Waals surface area contributed by atoms with Gasteiger partial charge in [-0.15, -0.1) is 0 Å². The lowest BCUT2D eigenvalue weighted by atomic mass is 10.0. The molecule has 0 heterocycles. The van der Waals surface area contributed by atoms with E-state index in [0.29, 0.717) is 19.3 Å². The quantitative estimate of drug-likeness (QED) is 0.0167. The van der Waals surface area contributed by atoms with Gasteiger partial charge in [-0.1, -0.05) is 201 Å². The fourth-order valence-corrected chi connectivity index (χ4v) is 8.39. The lowest BCUT2D eigenvalue weighted by Crippen LogP contribution is -2.56. The number of nitrogens with one attached hydrogen (secondary N) is 1. The molecule has 1 unspecified atom stereocenters. The Morgan fingerprint density at radius 1 is 0.548 bits per heavy atom. The minimum Gasteiger partial charge on any atom is -0.462 e. The number of carbonyl (C=O) groups is 4. The molecule has 0 aliphatic carbocycles. The lowest BCUT2D eigenvalue weighted by Gasteiger charge is -2.33. The van der Waals surface area contributed by atoms with Gasteiger partial charge in [0.2, 0.25) is 5.91 Å². The molecular formula is C48H92NO12P. The van der Waals surface area contributed by atoms with E-state index in [1.54, 1.807) is 0 Å². The number of aldehydes is 1. The summed E-state index contributed by atoms with van der Waals surface area (Å²) in [6, 6.07) is -1.72. The van der Waals surface area contributed by atoms with Crippen LogP contribution in [-0.2, 0) is 37.7 Å². The molecule has 62 heavy (non-hydrogen) atoms. The minimum atomic E-state index is -5.36. The molecule has 0 rings (SSSR count). The van der Waals surface area contributed by atoms with Gasteiger partial charge in [0.25, 0.3) is 0 Å². The van der Waals surface area contributed by atoms with Gasteiger partial charge >= 0.3 is 19.8 Å². The monoisotopic (exact) mass is 906 g/mol. The summed E-state index contributed by atoms with van der Waals surface area (Å²) >= 11 is 0. The van der Waals surface area contributed by atoms with Crippen molar-refractivity contribution < 1.29 is 57.7 Å². The molecule has 13 nitrogen and oxygen atoms in total. The number of phosphoric acid groups is 1. The number of unbranched alkanes of at least 4 members (excludes halogenated alkanes) is 28. The number of amides is 1. The van der Waals surface area contributed by atoms with Crippen LogP contribution in [0.3, 0.4) is 0 Å². The Morgan fingerprint density at radius 2 is 0.903 bits per heavy atom. The third kappa shape index (κ3) is 36.4. The van der Waals surface area contributed by atoms with E-state index in [9.17, 15) is 43.7 Å². The molecule has 366 valence electrons. The fraction of sp³-hybridized carbons (Fsp3) is 0.917. The van der Waals surface area contributed by atoms with Crippen molar-refractivity contribution >= 4 is 32.0 Å². The third-order valence-corrected chi connectivity index (χ3v) is 12.1. The highest BCUT2D eigenvalue weighted by atomic mass is 31.2. The standard InChI is InChI=1S/C48H92NO12P/c1-4-7-10-13-16-19-21-24-27-30-33-36-45(54)59-41(35-32-29-26-23-18-15-12-9-6-3)38-44(53)49-42(39-50)47(48(43(52)40-51)61-62(56,57)58)60-46(55)37-34-31-28-25-22-20-17-14-11-8-5-2/h39,41-43,47-48,51-52H,4-38,40H2,1-3H3,(H,49,53)(H2,56,57,58)/t41?,42-,43+,47+,48+/m0/s1. The second-order valence-electron chi connectivity index (χ2n) is 17.5. The molecule has 0 radical (unpaired) electrons. The number of ether oxygens (including phenoxy) is 2. The zero-order valence-corrected chi connectivity index (χ0v) is 40.3. The van der Waals surface area contributed by atoms with Gasteiger partial charge in [0.1, 0.15) is 30.6 Å². The van der Waals surface area contributed by atoms with Gasteiger partial charge in [-0.3, -0.25) is 18.9 Å². The van der Waals surface area contributed by atoms with Gasteiger partial charge in [0.05, 0.1) is 13.0 Å². The van der Waals surface area contributed by atoms with Crippen molar-refractivity contribution in [3.8, 4) is 0 Å². The average molecular weight is 906 g/mol. The summed E-state index contributed by atoms with van der Waals surface area (Å²) in [5, 5.41) is 22.8. The maximum absolute atomic E-state index is 13.5. The van der Waals surface area contributed by atoms with E-state index >= 15 is 0 Å². The number of aliphatic hydroxyl groups excluding tert-OH is 2. The smallest absolute Gasteiger partial charge is 0.462 e. The summed E-state index contributed by atoms with van der Waals surface area (Å²) in [7, 11) is -5.36. The van der Waals surface area contributed by atoms with E-state index in [0.717, 1.165) is 77.0 Å². The minimum absolute atomic E-state index is 0.0826. The summed E-state index contributed by atoms with van der Waals surface area (Å²) < 4.78 is 28.1. The molecule has 0 bridgehead atoms. The molecule has 0 saturated carbocycles. The van der Waals surface area contributed by atoms with E-state index in [2.05, 4.69) is 26.1 Å². The summed E-state index contributed by atoms with van der Waals surface area (Å²) in [5.74, 6) is -1.96. The second-order valence-corrected chi connectivity index (χ2v) is 18.7. The van der Waals surface area contributed by atoms with Gasteiger partial charge in [0, 0.05) is 12.8 Å². The third-order valence-electron chi connectivity index (χ3n) is 11.6. The molecule has 0 aliphatic heterocycles. The van der Waals surface area contributed by atoms with Crippen LogP contribution in [-0.4, -0.2) is 81.2 Å². The normalized spacial score (nSPS) is 14.2. The molecule has 14 heteroatoms. The predicted molar refractivity (Wildman–Crippen MR) is 246 cm³/mol. The molecule has 0 saturated heterocycles. The highest BCUT2D eigenvalue weighted by Crippen LogP contribution is 2.40. The zero-order valence-electron chi connectivity index (χ0n) is 39.4. The van der Waals surface area contributed by atoms with Gasteiger partial charge < -0.3 is 39.6 Å². The average Bonchev–Trinajstić information content (AvgIpc) is 3.23. The highest BCUT2D eigenvalue weighted by molar-refractivity contribution is 7.46. The molecule has 5 N–H and O–H groups in total. The molecule has 0 aromatic rings. The molecule has 0 aromatic heterocycles. The Labute approximate surface area is 376 Å². The summed E-state index contributed by atoms with van der Waals surface area (Å²) in [5.41, 5.74) is 0. The number of rotatable bonds is 46. The summed E-state index contributed by atoms with van der Waals surface area (Å²) in [6.45, 7) is 5.55. The number of carbonyl (C=O) groups excluding carboxylic acids is 4. The number of aliphatic hydroxyl groups is 2. The largest absolute Gasteiger partial charge is 0.470 e. The lowest BCUT2D eigenvalue weighted by molar-refractivity contribution is -0.165. The van der Waals surface area contributed by atoms with E-state index < -0.39 is 62.7 Å². The number of hydrogen-bond acceptors (Lipinski definition) is 10. The Morgan fingerprint density at radius 3 is 1.26 bits per heavy atom. The van der Waals surface area contributed by atoms with Crippen molar-refractivity contribution in [2.45, 2.75) is 276 Å². The van der Waals surface area contributed by atoms with E-state index in [4.69, 9.17) is 14.0 Å². The van der Waals surface area contributed by atoms with Crippen molar-refractivity contribution in [3.63, 3.8) is 0 Å². The van der Waals surface area contributed by atoms with Crippen LogP contribution >= 0.6 is 7.82 Å². The first-order chi connectivity index (χ1) is 29.9. The Bertz CT molecular complexity index is 1140. The molecule has 0 aromatic carbocycles. The van der Waals surface area contributed by atoms with Crippen LogP contribution in [0.5, 0.6) is 0 Å². The maximum Gasteiger partial charge on any atom is 0.470 e. The molecule has 0 fully saturated rings. The first kappa shape index (κ1) is 60.1. The van der Waals surface area contributed by atoms with Gasteiger partial charge in [0.15, 0.2) is 6.10 Å². The van der Waals surface area contributed by atoms with Crippen LogP contribution in [0.1, 0.15) is 245 Å². The van der Waals surface area contributed by atoms with Crippen LogP contribution in [0.25, 0.3) is 0 Å². The number of esters is 2. The molecule has 5 atom stereocenters. The first-order valence-electron chi connectivity index (χ1n) is 25.1. The number of hydrogen-bond donors (Lipinski definition) is 5. The summed E-state index contributed by atoms with van der Waals surface area (Å²) in [4.78, 5) is 71.4. The summed E-state index contributed by atoms with van der Waals surface area (Å²) in [6.07, 6.45) is 27.7. The molecule has 0 spiro atoms. The van der Waals surface area contributed by atoms with E-state index in [1.807, 2.05) is 0 Å². The fourth-order valence-electron chi connectivity index (χ4n) is 7.81. The van der Waals surface area contributed by atoms with E-state index in [-0.39, 0.29) is 25.5 Å². The zero-order chi connectivity index (χ0) is 46.1. The van der Waals surface area contributed by atoms with Crippen LogP contribution in [0.4, 0.5) is 0 Å². The van der Waals surface area contributed by atoms with Crippen LogP contribution in [0, 0.1) is 0 Å². The SMILES string of the molecule is CCCCCCCCCCCCCC(=O)OC(CCCCCCCCCCC)CC(=O)N[C@@H](C=O)[C@@H](OC(=O)CCCCCCCCCCCCC)[C@H](OP(=O)(O)O)[C@H](O)CO. The van der Waals surface area contributed by atoms with Crippen molar-refractivity contribution in [1.82, 2.24) is 5.32 Å². The van der Waals surface area contributed by atoms with Gasteiger partial charge in [-0.25, -0.2) is 4.57 Å². The first-order valence-corrected chi connectivity index (χ1v) is 26.6. The van der Waals surface area contributed by atoms with Crippen LogP contribution < -0.4 is 5.32 Å². The van der Waals surface area contributed by atoms with Crippen molar-refractivity contribution in [3.05, 3.63) is 0 Å². The highest BCUT2D eigenvalue weighted by Gasteiger charge is 2.42. The number of phosphoric ester groups is 1. The molecule has 0 aliphatic rings. The Kier molecular flexibility index (Phi) is 40.5. The van der Waals surface area contributed by atoms with Crippen molar-refractivity contribution in [2.75, 3.05) is 6.61 Å². The Balaban J connectivity index is 5.53. The van der Waals surface area contributed by atoms with Gasteiger partial charge in [-0.2, -0.15) is 0 Å². The maximum atomic E-state index is 13.5. The second kappa shape index (κ2) is 41.8. The molecular weight excluding hydrogens is 813 g/mol. The topological polar surface area (TPSA) is 206 Å². The van der Waals surface area contributed by atoms with Crippen molar-refractivity contribution in [1.29, 1.82) is 0 Å². The van der Waals surface area contributed by atoms with Crippen molar-refractivity contribution in [2.24, 2.45) is 0 Å².